The van der Waals surface area contributed by atoms with E-state index in [1.807, 2.05) is 49.4 Å². The van der Waals surface area contributed by atoms with Crippen LogP contribution in [0.4, 0.5) is 16.0 Å². The number of nitrogens with zero attached hydrogens (tertiary/aromatic N) is 3. The van der Waals surface area contributed by atoms with Crippen molar-refractivity contribution < 1.29 is 4.39 Å². The van der Waals surface area contributed by atoms with Gasteiger partial charge >= 0.3 is 0 Å². The van der Waals surface area contributed by atoms with E-state index < -0.39 is 6.67 Å². The number of aryl methyl sites for hydroxylation is 1. The Bertz CT molecular complexity index is 1040. The van der Waals surface area contributed by atoms with E-state index in [2.05, 4.69) is 25.5 Å². The lowest BCUT2D eigenvalue weighted by Crippen LogP contribution is -2.00. The van der Waals surface area contributed by atoms with Crippen molar-refractivity contribution >= 4 is 22.5 Å². The first-order valence-electron chi connectivity index (χ1n) is 7.94. The third-order valence-corrected chi connectivity index (χ3v) is 3.90. The molecule has 6 heteroatoms. The zero-order chi connectivity index (χ0) is 17.2. The minimum atomic E-state index is -0.515. The van der Waals surface area contributed by atoms with Gasteiger partial charge in [-0.2, -0.15) is 5.10 Å². The molecule has 5 nitrogen and oxygen atoms in total. The third kappa shape index (κ3) is 3.06. The summed E-state index contributed by atoms with van der Waals surface area (Å²) in [5, 5.41) is 11.2. The molecular formula is C19H16FN5. The highest BCUT2D eigenvalue weighted by Crippen LogP contribution is 2.27. The van der Waals surface area contributed by atoms with Crippen LogP contribution in [0.25, 0.3) is 22.3 Å². The fourth-order valence-corrected chi connectivity index (χ4v) is 2.70. The van der Waals surface area contributed by atoms with Gasteiger partial charge in [0.15, 0.2) is 11.6 Å². The van der Waals surface area contributed by atoms with Crippen LogP contribution in [0, 0.1) is 6.92 Å². The van der Waals surface area contributed by atoms with E-state index in [1.165, 1.54) is 0 Å². The van der Waals surface area contributed by atoms with Gasteiger partial charge in [-0.25, -0.2) is 14.4 Å². The van der Waals surface area contributed by atoms with Crippen LogP contribution in [0.3, 0.4) is 0 Å². The summed E-state index contributed by atoms with van der Waals surface area (Å²) in [6.45, 7) is 1.42. The van der Waals surface area contributed by atoms with Crippen LogP contribution in [0.5, 0.6) is 0 Å². The van der Waals surface area contributed by atoms with E-state index in [-0.39, 0.29) is 0 Å². The van der Waals surface area contributed by atoms with E-state index in [0.717, 1.165) is 22.2 Å². The smallest absolute Gasteiger partial charge is 0.162 e. The Morgan fingerprint density at radius 1 is 1.04 bits per heavy atom. The number of hydrogen-bond acceptors (Lipinski definition) is 4. The number of nitrogens with one attached hydrogen (secondary N) is 2. The number of hydrogen-bond donors (Lipinski definition) is 2. The maximum atomic E-state index is 13.0. The molecule has 0 bridgehead atoms. The molecule has 0 aliphatic carbocycles. The second-order valence-corrected chi connectivity index (χ2v) is 5.81. The molecule has 124 valence electrons. The van der Waals surface area contributed by atoms with E-state index in [4.69, 9.17) is 0 Å². The van der Waals surface area contributed by atoms with Crippen LogP contribution >= 0.6 is 0 Å². The van der Waals surface area contributed by atoms with Crippen LogP contribution in [-0.2, 0) is 6.67 Å². The summed E-state index contributed by atoms with van der Waals surface area (Å²) < 4.78 is 13.0. The van der Waals surface area contributed by atoms with E-state index in [9.17, 15) is 4.39 Å². The molecule has 0 saturated carbocycles. The summed E-state index contributed by atoms with van der Waals surface area (Å²) in [4.78, 5) is 9.28. The van der Waals surface area contributed by atoms with Crippen molar-refractivity contribution in [1.29, 1.82) is 0 Å². The lowest BCUT2D eigenvalue weighted by atomic mass is 10.1. The normalized spacial score (nSPS) is 11.0. The SMILES string of the molecule is Cc1cc(Nc2nc(-c3cccc(CF)c3)nc3ccccc23)n[nH]1. The maximum absolute atomic E-state index is 13.0. The molecule has 0 fully saturated rings. The molecule has 0 saturated heterocycles. The van der Waals surface area contributed by atoms with Crippen molar-refractivity contribution in [2.75, 3.05) is 5.32 Å². The number of benzene rings is 2. The van der Waals surface area contributed by atoms with Crippen LogP contribution in [0.2, 0.25) is 0 Å². The minimum Gasteiger partial charge on any atom is -0.323 e. The summed E-state index contributed by atoms with van der Waals surface area (Å²) in [5.74, 6) is 1.89. The highest BCUT2D eigenvalue weighted by atomic mass is 19.1. The van der Waals surface area contributed by atoms with Crippen LogP contribution in [-0.4, -0.2) is 20.2 Å². The Morgan fingerprint density at radius 2 is 1.92 bits per heavy atom. The van der Waals surface area contributed by atoms with Gasteiger partial charge in [0.1, 0.15) is 12.5 Å². The number of para-hydroxylation sites is 1. The zero-order valence-corrected chi connectivity index (χ0v) is 13.6. The maximum Gasteiger partial charge on any atom is 0.162 e. The summed E-state index contributed by atoms with van der Waals surface area (Å²) in [7, 11) is 0. The van der Waals surface area contributed by atoms with Crippen molar-refractivity contribution in [3.05, 3.63) is 65.9 Å². The van der Waals surface area contributed by atoms with Gasteiger partial charge < -0.3 is 5.32 Å². The molecule has 2 heterocycles. The molecule has 0 spiro atoms. The van der Waals surface area contributed by atoms with Gasteiger partial charge in [0, 0.05) is 22.7 Å². The van der Waals surface area contributed by atoms with E-state index in [1.54, 1.807) is 12.1 Å². The molecule has 4 aromatic rings. The number of H-pyrrole nitrogens is 1. The number of fused-ring (bicyclic) bond motifs is 1. The van der Waals surface area contributed by atoms with Crippen molar-refractivity contribution in [3.63, 3.8) is 0 Å². The number of halogens is 1. The monoisotopic (exact) mass is 333 g/mol. The molecule has 0 atom stereocenters. The predicted octanol–water partition coefficient (Wildman–Crippen LogP) is 4.54. The fraction of sp³-hybridized carbons (Fsp3) is 0.105. The van der Waals surface area contributed by atoms with Crippen molar-refractivity contribution in [2.24, 2.45) is 0 Å². The summed E-state index contributed by atoms with van der Waals surface area (Å²) in [6.07, 6.45) is 0. The third-order valence-electron chi connectivity index (χ3n) is 3.90. The topological polar surface area (TPSA) is 66.5 Å². The number of aromatic nitrogens is 4. The van der Waals surface area contributed by atoms with Crippen molar-refractivity contribution in [1.82, 2.24) is 20.2 Å². The molecule has 2 aromatic carbocycles. The molecule has 0 aliphatic heterocycles. The van der Waals surface area contributed by atoms with E-state index in [0.29, 0.717) is 23.0 Å². The van der Waals surface area contributed by atoms with Gasteiger partial charge in [-0.05, 0) is 30.7 Å². The van der Waals surface area contributed by atoms with Gasteiger partial charge in [0.05, 0.1) is 5.52 Å². The molecule has 2 N–H and O–H groups in total. The Hall–Kier alpha value is -3.28. The molecule has 0 amide bonds. The first kappa shape index (κ1) is 15.3. The average Bonchev–Trinajstić information content (AvgIpc) is 3.06. The fourth-order valence-electron chi connectivity index (χ4n) is 2.70. The van der Waals surface area contributed by atoms with Gasteiger partial charge in [0.2, 0.25) is 0 Å². The number of aromatic amines is 1. The number of alkyl halides is 1. The van der Waals surface area contributed by atoms with Gasteiger partial charge in [0.25, 0.3) is 0 Å². The first-order valence-corrected chi connectivity index (χ1v) is 7.94. The summed E-state index contributed by atoms with van der Waals surface area (Å²) in [5.41, 5.74) is 3.15. The standard InChI is InChI=1S/C19H16FN5/c1-12-9-17(25-24-12)22-19-15-7-2-3-8-16(15)21-18(23-19)14-6-4-5-13(10-14)11-20/h2-10H,11H2,1H3,(H2,21,22,23,24,25). The highest BCUT2D eigenvalue weighted by molar-refractivity contribution is 5.91. The Balaban J connectivity index is 1.85. The number of rotatable bonds is 4. The van der Waals surface area contributed by atoms with E-state index >= 15 is 0 Å². The molecule has 0 radical (unpaired) electrons. The van der Waals surface area contributed by atoms with Gasteiger partial charge in [-0.15, -0.1) is 0 Å². The Labute approximate surface area is 144 Å². The molecule has 2 aromatic heterocycles. The molecule has 25 heavy (non-hydrogen) atoms. The Kier molecular flexibility index (Phi) is 3.85. The Morgan fingerprint density at radius 3 is 2.72 bits per heavy atom. The minimum absolute atomic E-state index is 0.515. The van der Waals surface area contributed by atoms with Gasteiger partial charge in [-0.1, -0.05) is 30.3 Å². The quantitative estimate of drug-likeness (QED) is 0.575. The second kappa shape index (κ2) is 6.32. The molecular weight excluding hydrogens is 317 g/mol. The molecule has 4 rings (SSSR count). The largest absolute Gasteiger partial charge is 0.323 e. The van der Waals surface area contributed by atoms with Crippen molar-refractivity contribution in [3.8, 4) is 11.4 Å². The van der Waals surface area contributed by atoms with Crippen LogP contribution < -0.4 is 5.32 Å². The lowest BCUT2D eigenvalue weighted by molar-refractivity contribution is 0.485. The first-order chi connectivity index (χ1) is 12.2. The summed E-state index contributed by atoms with van der Waals surface area (Å²) in [6, 6.07) is 16.9. The molecule has 0 unspecified atom stereocenters. The molecule has 0 aliphatic rings. The predicted molar refractivity (Wildman–Crippen MR) is 96.4 cm³/mol. The van der Waals surface area contributed by atoms with Crippen LogP contribution in [0.1, 0.15) is 11.3 Å². The average molecular weight is 333 g/mol. The highest BCUT2D eigenvalue weighted by Gasteiger charge is 2.11. The second-order valence-electron chi connectivity index (χ2n) is 5.81. The summed E-state index contributed by atoms with van der Waals surface area (Å²) >= 11 is 0. The lowest BCUT2D eigenvalue weighted by Gasteiger charge is -2.10. The zero-order valence-electron chi connectivity index (χ0n) is 13.6. The number of anilines is 2. The van der Waals surface area contributed by atoms with Gasteiger partial charge in [-0.3, -0.25) is 5.10 Å². The van der Waals surface area contributed by atoms with Crippen molar-refractivity contribution in [2.45, 2.75) is 13.6 Å². The van der Waals surface area contributed by atoms with Crippen LogP contribution in [0.15, 0.2) is 54.6 Å².